The predicted octanol–water partition coefficient (Wildman–Crippen LogP) is 0.962. The molecule has 0 saturated heterocycles. The van der Waals surface area contributed by atoms with Gasteiger partial charge in [-0.1, -0.05) is 6.92 Å². The summed E-state index contributed by atoms with van der Waals surface area (Å²) >= 11 is 0.456. The highest BCUT2D eigenvalue weighted by Crippen LogP contribution is 2.08. The van der Waals surface area contributed by atoms with Crippen LogP contribution in [0.3, 0.4) is 0 Å². The summed E-state index contributed by atoms with van der Waals surface area (Å²) in [7, 11) is 4.34. The first kappa shape index (κ1) is 13.7. The van der Waals surface area contributed by atoms with E-state index in [9.17, 15) is 14.1 Å². The van der Waals surface area contributed by atoms with Crippen molar-refractivity contribution >= 4 is 45.5 Å². The molecule has 6 nitrogen and oxygen atoms in total. The van der Waals surface area contributed by atoms with Crippen molar-refractivity contribution in [3.63, 3.8) is 0 Å². The van der Waals surface area contributed by atoms with Gasteiger partial charge in [0.15, 0.2) is 22.8 Å². The molecule has 82 valence electrons. The molecule has 0 aromatic rings. The summed E-state index contributed by atoms with van der Waals surface area (Å²) in [6, 6.07) is 0. The zero-order chi connectivity index (χ0) is 11.1. The van der Waals surface area contributed by atoms with Crippen LogP contribution in [0.15, 0.2) is 0 Å². The third kappa shape index (κ3) is 5.43. The Morgan fingerprint density at radius 3 is 2.71 bits per heavy atom. The van der Waals surface area contributed by atoms with E-state index in [1.54, 1.807) is 6.92 Å². The van der Waals surface area contributed by atoms with Crippen molar-refractivity contribution in [2.75, 3.05) is 7.05 Å². The largest absolute Gasteiger partial charge is 0.575 e. The Hall–Kier alpha value is -0.310. The van der Waals surface area contributed by atoms with Crippen LogP contribution in [0.4, 0.5) is 4.79 Å². The third-order valence-electron chi connectivity index (χ3n) is 1.06. The van der Waals surface area contributed by atoms with E-state index in [0.717, 1.165) is 0 Å². The molecule has 0 aromatic heterocycles. The number of carbonyl (C=O) groups is 2. The second-order valence-electron chi connectivity index (χ2n) is 2.02. The van der Waals surface area contributed by atoms with Gasteiger partial charge in [0.2, 0.25) is 16.6 Å². The van der Waals surface area contributed by atoms with Gasteiger partial charge in [-0.05, 0) is 0 Å². The van der Waals surface area contributed by atoms with E-state index in [2.05, 4.69) is 8.91 Å². The first-order chi connectivity index (χ1) is 6.49. The normalized spacial score (nSPS) is 11.7. The van der Waals surface area contributed by atoms with Gasteiger partial charge in [0.25, 0.3) is 0 Å². The zero-order valence-electron chi connectivity index (χ0n) is 7.48. The molecule has 0 aliphatic carbocycles. The summed E-state index contributed by atoms with van der Waals surface area (Å²) < 4.78 is 17.9. The molecule has 0 aliphatic rings. The Kier molecular flexibility index (Phi) is 6.89. The molecule has 1 atom stereocenters. The number of carbonyl (C=O) groups excluding carboxylic acids is 2. The number of halogens is 1. The molecule has 0 radical (unpaired) electrons. The monoisotopic (exact) mass is 260 g/mol. The minimum Gasteiger partial charge on any atom is -0.575 e. The van der Waals surface area contributed by atoms with E-state index >= 15 is 0 Å². The first-order valence-corrected chi connectivity index (χ1v) is 6.14. The van der Waals surface area contributed by atoms with Gasteiger partial charge in [-0.15, -0.1) is 4.31 Å². The minimum absolute atomic E-state index is 0.280. The smallest absolute Gasteiger partial charge is 0.466 e. The van der Waals surface area contributed by atoms with Crippen LogP contribution in [-0.4, -0.2) is 27.9 Å². The van der Waals surface area contributed by atoms with Gasteiger partial charge in [0.05, 0.1) is 7.05 Å². The lowest BCUT2D eigenvalue weighted by atomic mass is 10.5. The SMILES string of the molecule is CCC(=O)NSOC(=O)N(C)[S+]([O-])Cl. The Morgan fingerprint density at radius 1 is 1.71 bits per heavy atom. The molecule has 1 N–H and O–H groups in total. The summed E-state index contributed by atoms with van der Waals surface area (Å²) in [6.07, 6.45) is -0.623. The van der Waals surface area contributed by atoms with Gasteiger partial charge in [0, 0.05) is 6.42 Å². The summed E-state index contributed by atoms with van der Waals surface area (Å²) in [5, 5.41) is 0. The number of nitrogens with zero attached hydrogens (tertiary/aromatic N) is 1. The lowest BCUT2D eigenvalue weighted by molar-refractivity contribution is -0.118. The Balaban J connectivity index is 3.69. The van der Waals surface area contributed by atoms with Crippen LogP contribution >= 0.6 is 22.9 Å². The number of hydrogen-bond acceptors (Lipinski definition) is 5. The van der Waals surface area contributed by atoms with E-state index in [1.165, 1.54) is 7.05 Å². The molecule has 0 fully saturated rings. The average Bonchev–Trinajstić information content (AvgIpc) is 2.15. The molecule has 0 bridgehead atoms. The van der Waals surface area contributed by atoms with Gasteiger partial charge in [-0.2, -0.15) is 0 Å². The average molecular weight is 261 g/mol. The third-order valence-corrected chi connectivity index (χ3v) is 2.80. The van der Waals surface area contributed by atoms with Gasteiger partial charge in [-0.25, -0.2) is 4.79 Å². The van der Waals surface area contributed by atoms with Crippen LogP contribution < -0.4 is 4.72 Å². The van der Waals surface area contributed by atoms with E-state index in [0.29, 0.717) is 16.5 Å². The number of nitrogens with one attached hydrogen (secondary N) is 1. The second-order valence-corrected chi connectivity index (χ2v) is 4.31. The molecule has 2 amide bonds. The maximum atomic E-state index is 10.9. The van der Waals surface area contributed by atoms with Crippen molar-refractivity contribution in [1.82, 2.24) is 9.03 Å². The lowest BCUT2D eigenvalue weighted by Crippen LogP contribution is -2.30. The molecule has 0 rings (SSSR count). The van der Waals surface area contributed by atoms with Crippen LogP contribution in [0.25, 0.3) is 0 Å². The summed E-state index contributed by atoms with van der Waals surface area (Å²) in [4.78, 5) is 21.6. The molecule has 9 heteroatoms. The van der Waals surface area contributed by atoms with Crippen LogP contribution in [0.1, 0.15) is 13.3 Å². The van der Waals surface area contributed by atoms with Crippen molar-refractivity contribution in [1.29, 1.82) is 0 Å². The van der Waals surface area contributed by atoms with Crippen molar-refractivity contribution in [3.05, 3.63) is 0 Å². The number of amides is 2. The summed E-state index contributed by atoms with van der Waals surface area (Å²) in [6.45, 7) is 1.65. The Bertz CT molecular complexity index is 216. The standard InChI is InChI=1S/C5H9ClN2O4S2/c1-3-4(9)7-13-12-5(10)8(2)14(6)11/h3H2,1-2H3,(H,7,9). The fourth-order valence-electron chi connectivity index (χ4n) is 0.286. The molecule has 14 heavy (non-hydrogen) atoms. The quantitative estimate of drug-likeness (QED) is 0.463. The van der Waals surface area contributed by atoms with Crippen molar-refractivity contribution in [2.24, 2.45) is 0 Å². The molecule has 1 unspecified atom stereocenters. The van der Waals surface area contributed by atoms with E-state index < -0.39 is 16.7 Å². The van der Waals surface area contributed by atoms with Gasteiger partial charge in [-0.3, -0.25) is 9.52 Å². The van der Waals surface area contributed by atoms with Crippen molar-refractivity contribution in [3.8, 4) is 0 Å². The fourth-order valence-corrected chi connectivity index (χ4v) is 1.12. The number of hydrogen-bond donors (Lipinski definition) is 1. The molecule has 0 aliphatic heterocycles. The lowest BCUT2D eigenvalue weighted by Gasteiger charge is -2.11. The minimum atomic E-state index is -1.95. The second kappa shape index (κ2) is 7.04. The highest BCUT2D eigenvalue weighted by atomic mass is 35.7. The maximum Gasteiger partial charge on any atom is 0.466 e. The summed E-state index contributed by atoms with van der Waals surface area (Å²) in [5.74, 6) is -0.280. The molecule has 0 heterocycles. The first-order valence-electron chi connectivity index (χ1n) is 3.47. The van der Waals surface area contributed by atoms with Gasteiger partial charge < -0.3 is 8.74 Å². The van der Waals surface area contributed by atoms with Crippen LogP contribution in [-0.2, 0) is 19.6 Å². The van der Waals surface area contributed by atoms with Gasteiger partial charge in [0.1, 0.15) is 0 Å². The summed E-state index contributed by atoms with van der Waals surface area (Å²) in [5.41, 5.74) is 0. The molecule has 0 saturated carbocycles. The van der Waals surface area contributed by atoms with Crippen LogP contribution in [0.5, 0.6) is 0 Å². The van der Waals surface area contributed by atoms with Crippen LogP contribution in [0, 0.1) is 0 Å². The van der Waals surface area contributed by atoms with Gasteiger partial charge >= 0.3 is 6.09 Å². The Labute approximate surface area is 93.4 Å². The molecular weight excluding hydrogens is 252 g/mol. The predicted molar refractivity (Wildman–Crippen MR) is 54.3 cm³/mol. The zero-order valence-corrected chi connectivity index (χ0v) is 9.87. The van der Waals surface area contributed by atoms with E-state index in [1.807, 2.05) is 0 Å². The molecular formula is C5H9ClN2O4S2. The van der Waals surface area contributed by atoms with Crippen LogP contribution in [0.2, 0.25) is 0 Å². The molecule has 0 spiro atoms. The van der Waals surface area contributed by atoms with E-state index in [4.69, 9.17) is 10.7 Å². The highest BCUT2D eigenvalue weighted by molar-refractivity contribution is 8.12. The maximum absolute atomic E-state index is 10.9. The van der Waals surface area contributed by atoms with Crippen molar-refractivity contribution in [2.45, 2.75) is 13.3 Å². The fraction of sp³-hybridized carbons (Fsp3) is 0.600. The highest BCUT2D eigenvalue weighted by Gasteiger charge is 2.22. The Morgan fingerprint density at radius 2 is 2.29 bits per heavy atom. The number of rotatable bonds is 4. The van der Waals surface area contributed by atoms with Crippen molar-refractivity contribution < 1.29 is 18.3 Å². The topological polar surface area (TPSA) is 81.7 Å². The molecule has 0 aromatic carbocycles. The van der Waals surface area contributed by atoms with E-state index in [-0.39, 0.29) is 12.3 Å².